The van der Waals surface area contributed by atoms with E-state index in [1.165, 1.54) is 0 Å². The van der Waals surface area contributed by atoms with Gasteiger partial charge in [0.1, 0.15) is 5.82 Å². The molecule has 0 unspecified atom stereocenters. The van der Waals surface area contributed by atoms with Gasteiger partial charge < -0.3 is 5.32 Å². The number of unbranched alkanes of at least 4 members (excludes halogenated alkanes) is 1. The molecule has 192 valence electrons. The maximum Gasteiger partial charge on any atom is 0.334 e. The molecule has 10 heteroatoms. The molecule has 4 heterocycles. The second kappa shape index (κ2) is 10.4. The van der Waals surface area contributed by atoms with Crippen molar-refractivity contribution in [3.05, 3.63) is 89.0 Å². The van der Waals surface area contributed by atoms with Crippen LogP contribution in [0, 0.1) is 5.92 Å². The molecule has 10 nitrogen and oxygen atoms in total. The van der Waals surface area contributed by atoms with Crippen molar-refractivity contribution in [2.75, 3.05) is 0 Å². The van der Waals surface area contributed by atoms with Crippen LogP contribution in [0.15, 0.2) is 72.1 Å². The second-order valence-corrected chi connectivity index (χ2v) is 9.92. The number of tetrazole rings is 1. The number of dihydropyridines is 1. The summed E-state index contributed by atoms with van der Waals surface area (Å²) in [5.41, 5.74) is 2.30. The molecule has 5 rings (SSSR count). The third-order valence-electron chi connectivity index (χ3n) is 6.70. The summed E-state index contributed by atoms with van der Waals surface area (Å²) in [5, 5.41) is 22.1. The zero-order valence-electron chi connectivity index (χ0n) is 21.5. The van der Waals surface area contributed by atoms with Crippen LogP contribution in [0.2, 0.25) is 0 Å². The Morgan fingerprint density at radius 3 is 2.70 bits per heavy atom. The number of nitrogens with zero attached hydrogens (tertiary/aromatic N) is 7. The highest BCUT2D eigenvalue weighted by Crippen LogP contribution is 2.33. The van der Waals surface area contributed by atoms with Crippen LogP contribution >= 0.6 is 0 Å². The Morgan fingerprint density at radius 1 is 1.14 bits per heavy atom. The molecule has 0 fully saturated rings. The van der Waals surface area contributed by atoms with Crippen molar-refractivity contribution >= 4 is 0 Å². The van der Waals surface area contributed by atoms with Crippen molar-refractivity contribution in [1.82, 2.24) is 44.9 Å². The van der Waals surface area contributed by atoms with E-state index >= 15 is 0 Å². The van der Waals surface area contributed by atoms with Gasteiger partial charge in [0.05, 0.1) is 11.6 Å². The molecular formula is C27H33N9O. The summed E-state index contributed by atoms with van der Waals surface area (Å²) >= 11 is 0. The maximum absolute atomic E-state index is 14.0. The fourth-order valence-electron chi connectivity index (χ4n) is 4.82. The van der Waals surface area contributed by atoms with Crippen LogP contribution < -0.4 is 11.0 Å². The van der Waals surface area contributed by atoms with Gasteiger partial charge in [0.2, 0.25) is 5.82 Å². The Bertz CT molecular complexity index is 1440. The highest BCUT2D eigenvalue weighted by Gasteiger charge is 2.31. The topological polar surface area (TPSA) is 111 Å². The Kier molecular flexibility index (Phi) is 6.89. The lowest BCUT2D eigenvalue weighted by Gasteiger charge is -2.31. The molecule has 1 aromatic carbocycles. The van der Waals surface area contributed by atoms with E-state index in [2.05, 4.69) is 76.1 Å². The molecule has 1 aliphatic heterocycles. The Hall–Kier alpha value is -4.21. The summed E-state index contributed by atoms with van der Waals surface area (Å²) < 4.78 is 5.58. The molecule has 4 aromatic rings. The summed E-state index contributed by atoms with van der Waals surface area (Å²) in [6.07, 6.45) is 14.7. The predicted octanol–water partition coefficient (Wildman–Crippen LogP) is 3.58. The van der Waals surface area contributed by atoms with Gasteiger partial charge >= 0.3 is 5.69 Å². The minimum absolute atomic E-state index is 0.0642. The Labute approximate surface area is 215 Å². The van der Waals surface area contributed by atoms with Crippen molar-refractivity contribution in [3.8, 4) is 17.2 Å². The molecule has 2 N–H and O–H groups in total. The number of benzene rings is 1. The van der Waals surface area contributed by atoms with E-state index in [1.807, 2.05) is 46.0 Å². The fourth-order valence-corrected chi connectivity index (χ4v) is 4.82. The number of hydrogen-bond donors (Lipinski definition) is 2. The van der Waals surface area contributed by atoms with Crippen molar-refractivity contribution in [2.24, 2.45) is 5.92 Å². The van der Waals surface area contributed by atoms with Crippen molar-refractivity contribution in [1.29, 1.82) is 0 Å². The molecular weight excluding hydrogens is 466 g/mol. The largest absolute Gasteiger partial charge is 0.368 e. The average molecular weight is 500 g/mol. The number of aromatic nitrogens is 8. The number of H-pyrrole nitrogens is 1. The molecule has 0 amide bonds. The summed E-state index contributed by atoms with van der Waals surface area (Å²) in [5.74, 6) is 1.74. The number of hydrogen-bond acceptors (Lipinski definition) is 6. The van der Waals surface area contributed by atoms with Gasteiger partial charge in [-0.05, 0) is 48.0 Å². The van der Waals surface area contributed by atoms with E-state index in [4.69, 9.17) is 0 Å². The molecule has 0 saturated carbocycles. The van der Waals surface area contributed by atoms with Crippen LogP contribution in [0.25, 0.3) is 17.2 Å². The van der Waals surface area contributed by atoms with Gasteiger partial charge in [-0.15, -0.1) is 10.2 Å². The SMILES string of the molecule is CCCCc1cn(-c2ccnn2CC(C)C)c(=O)n1CC1(c2cccc(-c3nn[nH]n3)c2)C=CNC=C1. The van der Waals surface area contributed by atoms with Gasteiger partial charge in [0.15, 0.2) is 0 Å². The van der Waals surface area contributed by atoms with Crippen LogP contribution in [-0.4, -0.2) is 39.5 Å². The first kappa shape index (κ1) is 24.5. The van der Waals surface area contributed by atoms with Crippen LogP contribution in [-0.2, 0) is 24.9 Å². The number of aromatic amines is 1. The Morgan fingerprint density at radius 2 is 1.97 bits per heavy atom. The van der Waals surface area contributed by atoms with Gasteiger partial charge in [0, 0.05) is 36.6 Å². The maximum atomic E-state index is 14.0. The first-order valence-corrected chi connectivity index (χ1v) is 12.8. The first-order chi connectivity index (χ1) is 18.0. The van der Waals surface area contributed by atoms with Gasteiger partial charge in [-0.2, -0.15) is 10.3 Å². The van der Waals surface area contributed by atoms with Crippen molar-refractivity contribution in [2.45, 2.75) is 58.5 Å². The van der Waals surface area contributed by atoms with E-state index < -0.39 is 5.41 Å². The van der Waals surface area contributed by atoms with Gasteiger partial charge in [-0.3, -0.25) is 9.13 Å². The van der Waals surface area contributed by atoms with Crippen molar-refractivity contribution in [3.63, 3.8) is 0 Å². The molecule has 3 aromatic heterocycles. The molecule has 0 bridgehead atoms. The monoisotopic (exact) mass is 499 g/mol. The minimum atomic E-state index is -0.542. The van der Waals surface area contributed by atoms with Crippen molar-refractivity contribution < 1.29 is 0 Å². The van der Waals surface area contributed by atoms with E-state index in [-0.39, 0.29) is 5.69 Å². The molecule has 37 heavy (non-hydrogen) atoms. The highest BCUT2D eigenvalue weighted by atomic mass is 16.1. The number of rotatable bonds is 10. The third-order valence-corrected chi connectivity index (χ3v) is 6.70. The second-order valence-electron chi connectivity index (χ2n) is 9.92. The average Bonchev–Trinajstić information content (AvgIpc) is 3.66. The zero-order chi connectivity index (χ0) is 25.8. The minimum Gasteiger partial charge on any atom is -0.368 e. The molecule has 0 atom stereocenters. The number of imidazole rings is 1. The lowest BCUT2D eigenvalue weighted by atomic mass is 9.78. The van der Waals surface area contributed by atoms with E-state index in [9.17, 15) is 4.79 Å². The smallest absolute Gasteiger partial charge is 0.334 e. The first-order valence-electron chi connectivity index (χ1n) is 12.8. The molecule has 0 saturated heterocycles. The fraction of sp³-hybridized carbons (Fsp3) is 0.370. The quantitative estimate of drug-likeness (QED) is 0.345. The molecule has 0 radical (unpaired) electrons. The van der Waals surface area contributed by atoms with Crippen LogP contribution in [0.1, 0.15) is 44.9 Å². The van der Waals surface area contributed by atoms with E-state index in [0.717, 1.165) is 48.4 Å². The normalized spacial score (nSPS) is 14.4. The number of aryl methyl sites for hydroxylation is 1. The van der Waals surface area contributed by atoms with Crippen LogP contribution in [0.4, 0.5) is 0 Å². The van der Waals surface area contributed by atoms with E-state index in [0.29, 0.717) is 18.3 Å². The highest BCUT2D eigenvalue weighted by molar-refractivity contribution is 5.57. The predicted molar refractivity (Wildman–Crippen MR) is 142 cm³/mol. The summed E-state index contributed by atoms with van der Waals surface area (Å²) in [6.45, 7) is 7.66. The summed E-state index contributed by atoms with van der Waals surface area (Å²) in [7, 11) is 0. The molecule has 1 aliphatic rings. The summed E-state index contributed by atoms with van der Waals surface area (Å²) in [4.78, 5) is 14.0. The molecule has 0 spiro atoms. The van der Waals surface area contributed by atoms with Crippen LogP contribution in [0.5, 0.6) is 0 Å². The van der Waals surface area contributed by atoms with E-state index in [1.54, 1.807) is 10.8 Å². The van der Waals surface area contributed by atoms with Gasteiger partial charge in [0.25, 0.3) is 0 Å². The molecule has 0 aliphatic carbocycles. The Balaban J connectivity index is 1.60. The summed E-state index contributed by atoms with van der Waals surface area (Å²) in [6, 6.07) is 10.0. The lowest BCUT2D eigenvalue weighted by molar-refractivity contribution is 0.471. The number of nitrogens with one attached hydrogen (secondary N) is 2. The number of allylic oxidation sites excluding steroid dienone is 2. The third kappa shape index (κ3) is 4.91. The lowest BCUT2D eigenvalue weighted by Crippen LogP contribution is -2.36. The van der Waals surface area contributed by atoms with Crippen LogP contribution in [0.3, 0.4) is 0 Å². The zero-order valence-corrected chi connectivity index (χ0v) is 21.5. The standard InChI is InChI=1S/C27H33N9O/c1-4-5-9-23-18-34(24-10-13-29-36(24)17-20(2)3)26(37)35(23)19-27(11-14-28-15-12-27)22-8-6-7-21(16-22)25-30-32-33-31-25/h6-8,10-16,18,20,28H,4-5,9,17,19H2,1-3H3,(H,30,31,32,33). The van der Waals surface area contributed by atoms with Gasteiger partial charge in [-0.1, -0.05) is 57.5 Å². The van der Waals surface area contributed by atoms with Gasteiger partial charge in [-0.25, -0.2) is 9.48 Å².